The Kier molecular flexibility index (Phi) is 4.41. The van der Waals surface area contributed by atoms with Crippen LogP contribution < -0.4 is 5.11 Å². The van der Waals surface area contributed by atoms with Crippen LogP contribution in [0.5, 0.6) is 0 Å². The fourth-order valence-corrected chi connectivity index (χ4v) is 2.92. The van der Waals surface area contributed by atoms with Crippen LogP contribution in [0.15, 0.2) is 39.9 Å². The zero-order valence-corrected chi connectivity index (χ0v) is 12.1. The minimum Gasteiger partial charge on any atom is -0.548 e. The van der Waals surface area contributed by atoms with E-state index in [1.165, 1.54) is 6.92 Å². The van der Waals surface area contributed by atoms with Crippen molar-refractivity contribution in [3.63, 3.8) is 0 Å². The number of thiocarbonyl (C=S) groups is 1. The van der Waals surface area contributed by atoms with Gasteiger partial charge >= 0.3 is 0 Å². The number of amides is 1. The molecule has 2 heterocycles. The summed E-state index contributed by atoms with van der Waals surface area (Å²) >= 11 is 6.07. The number of furan rings is 1. The highest BCUT2D eigenvalue weighted by Crippen LogP contribution is 2.32. The molecule has 0 saturated carbocycles. The number of thioether (sulfide) groups is 1. The van der Waals surface area contributed by atoms with Crippen LogP contribution in [-0.4, -0.2) is 27.1 Å². The van der Waals surface area contributed by atoms with E-state index in [0.29, 0.717) is 10.7 Å². The number of rotatable bonds is 4. The smallest absolute Gasteiger partial charge is 0.266 e. The van der Waals surface area contributed by atoms with Crippen LogP contribution in [0, 0.1) is 0 Å². The van der Waals surface area contributed by atoms with E-state index in [2.05, 4.69) is 0 Å². The lowest BCUT2D eigenvalue weighted by Gasteiger charge is -2.23. The number of carboxylic acids is 1. The maximum atomic E-state index is 12.1. The van der Waals surface area contributed by atoms with E-state index in [4.69, 9.17) is 16.6 Å². The average Bonchev–Trinajstić information content (AvgIpc) is 2.98. The second kappa shape index (κ2) is 6.06. The fourth-order valence-electron chi connectivity index (χ4n) is 1.55. The van der Waals surface area contributed by atoms with Gasteiger partial charge in [-0.05, 0) is 31.2 Å². The Morgan fingerprint density at radius 1 is 1.60 bits per heavy atom. The molecule has 1 aliphatic heterocycles. The minimum absolute atomic E-state index is 0.212. The number of carbonyl (C=O) groups excluding carboxylic acids is 2. The van der Waals surface area contributed by atoms with Gasteiger partial charge in [0.25, 0.3) is 5.91 Å². The van der Waals surface area contributed by atoms with Gasteiger partial charge in [-0.25, -0.2) is 0 Å². The highest BCUT2D eigenvalue weighted by atomic mass is 32.2. The van der Waals surface area contributed by atoms with Gasteiger partial charge < -0.3 is 14.3 Å². The van der Waals surface area contributed by atoms with Crippen LogP contribution in [0.25, 0.3) is 6.08 Å². The first-order valence-corrected chi connectivity index (χ1v) is 6.91. The largest absolute Gasteiger partial charge is 0.548 e. The van der Waals surface area contributed by atoms with Gasteiger partial charge in [0.15, 0.2) is 0 Å². The Balaban J connectivity index is 2.13. The van der Waals surface area contributed by atoms with Crippen LogP contribution in [0.4, 0.5) is 0 Å². The van der Waals surface area contributed by atoms with Crippen molar-refractivity contribution in [1.82, 2.24) is 4.90 Å². The Morgan fingerprint density at radius 2 is 2.35 bits per heavy atom. The van der Waals surface area contributed by atoms with E-state index in [-0.39, 0.29) is 4.32 Å². The second-order valence-electron chi connectivity index (χ2n) is 3.94. The summed E-state index contributed by atoms with van der Waals surface area (Å²) in [4.78, 5) is 24.3. The highest BCUT2D eigenvalue weighted by Gasteiger charge is 2.35. The predicted molar refractivity (Wildman–Crippen MR) is 77.3 cm³/mol. The molecule has 7 heteroatoms. The minimum atomic E-state index is -1.34. The third kappa shape index (κ3) is 3.00. The van der Waals surface area contributed by atoms with Gasteiger partial charge in [-0.2, -0.15) is 0 Å². The molecule has 0 radical (unpaired) electrons. The lowest BCUT2D eigenvalue weighted by Crippen LogP contribution is -2.48. The van der Waals surface area contributed by atoms with E-state index in [9.17, 15) is 14.7 Å². The predicted octanol–water partition coefficient (Wildman–Crippen LogP) is 1.18. The molecule has 0 spiro atoms. The Hall–Kier alpha value is -1.86. The van der Waals surface area contributed by atoms with Gasteiger partial charge in [-0.1, -0.05) is 30.1 Å². The summed E-state index contributed by atoms with van der Waals surface area (Å²) in [5.41, 5.74) is 0. The number of hydrogen-bond acceptors (Lipinski definition) is 6. The lowest BCUT2D eigenvalue weighted by atomic mass is 10.3. The van der Waals surface area contributed by atoms with E-state index in [1.54, 1.807) is 36.6 Å². The number of carbonyl (C=O) groups is 2. The first-order valence-electron chi connectivity index (χ1n) is 5.69. The average molecular weight is 308 g/mol. The van der Waals surface area contributed by atoms with Gasteiger partial charge in [0.05, 0.1) is 23.2 Å². The van der Waals surface area contributed by atoms with Gasteiger partial charge in [0, 0.05) is 0 Å². The summed E-state index contributed by atoms with van der Waals surface area (Å²) < 4.78 is 5.32. The molecular weight excluding hydrogens is 298 g/mol. The summed E-state index contributed by atoms with van der Waals surface area (Å²) in [6, 6.07) is 2.44. The number of nitrogens with zero attached hydrogens (tertiary/aromatic N) is 1. The van der Waals surface area contributed by atoms with Crippen molar-refractivity contribution < 1.29 is 19.1 Å². The molecule has 20 heavy (non-hydrogen) atoms. The van der Waals surface area contributed by atoms with Crippen LogP contribution >= 0.6 is 24.0 Å². The molecule has 2 rings (SSSR count). The molecule has 1 fully saturated rings. The van der Waals surface area contributed by atoms with Crippen molar-refractivity contribution in [2.75, 3.05) is 0 Å². The van der Waals surface area contributed by atoms with Gasteiger partial charge in [-0.15, -0.1) is 0 Å². The summed E-state index contributed by atoms with van der Waals surface area (Å²) in [6.45, 7) is 1.36. The Morgan fingerprint density at radius 3 is 2.95 bits per heavy atom. The number of allylic oxidation sites excluding steroid dienone is 2. The van der Waals surface area contributed by atoms with Crippen molar-refractivity contribution in [1.29, 1.82) is 0 Å². The Labute approximate surface area is 124 Å². The first kappa shape index (κ1) is 14.5. The van der Waals surface area contributed by atoms with Gasteiger partial charge in [0.2, 0.25) is 0 Å². The Bertz CT molecular complexity index is 604. The molecule has 1 aromatic rings. The normalized spacial score (nSPS) is 19.2. The zero-order valence-electron chi connectivity index (χ0n) is 10.4. The van der Waals surface area contributed by atoms with Crippen molar-refractivity contribution >= 4 is 46.3 Å². The summed E-state index contributed by atoms with van der Waals surface area (Å²) in [7, 11) is 0. The third-order valence-corrected chi connectivity index (χ3v) is 3.95. The molecule has 0 bridgehead atoms. The maximum Gasteiger partial charge on any atom is 0.266 e. The molecule has 0 unspecified atom stereocenters. The van der Waals surface area contributed by atoms with Crippen molar-refractivity contribution in [3.8, 4) is 0 Å². The lowest BCUT2D eigenvalue weighted by molar-refractivity contribution is -0.309. The number of aliphatic carboxylic acids is 1. The number of carboxylic acid groups (broad SMARTS) is 1. The topological polar surface area (TPSA) is 73.6 Å². The van der Waals surface area contributed by atoms with Crippen molar-refractivity contribution in [3.05, 3.63) is 41.2 Å². The molecule has 104 valence electrons. The monoisotopic (exact) mass is 308 g/mol. The molecule has 0 N–H and O–H groups in total. The number of hydrogen-bond donors (Lipinski definition) is 0. The molecular formula is C13H10NO4S2-. The quantitative estimate of drug-likeness (QED) is 0.614. The van der Waals surface area contributed by atoms with Crippen molar-refractivity contribution in [2.45, 2.75) is 13.0 Å². The second-order valence-corrected chi connectivity index (χ2v) is 5.62. The van der Waals surface area contributed by atoms with E-state index < -0.39 is 17.9 Å². The molecule has 1 saturated heterocycles. The van der Waals surface area contributed by atoms with Crippen molar-refractivity contribution in [2.24, 2.45) is 0 Å². The summed E-state index contributed by atoms with van der Waals surface area (Å²) in [6.07, 6.45) is 6.45. The molecule has 0 aromatic carbocycles. The molecule has 1 atom stereocenters. The van der Waals surface area contributed by atoms with E-state index >= 15 is 0 Å². The van der Waals surface area contributed by atoms with Crippen LogP contribution in [-0.2, 0) is 9.59 Å². The standard InChI is InChI=1S/C13H11NO4S2/c1-8(12(16)17)14-11(15)10(20-13(14)19)6-2-4-9-5-3-7-18-9/h2-8H,1H3,(H,16,17)/p-1/b4-2+,10-6-/t8-/m1/s1. The zero-order chi connectivity index (χ0) is 14.7. The van der Waals surface area contributed by atoms with Crippen LogP contribution in [0.2, 0.25) is 0 Å². The van der Waals surface area contributed by atoms with E-state index in [1.807, 2.05) is 0 Å². The fraction of sp³-hybridized carbons (Fsp3) is 0.154. The highest BCUT2D eigenvalue weighted by molar-refractivity contribution is 8.26. The first-order chi connectivity index (χ1) is 9.50. The molecule has 1 aromatic heterocycles. The van der Waals surface area contributed by atoms with Crippen LogP contribution in [0.1, 0.15) is 12.7 Å². The van der Waals surface area contributed by atoms with Crippen LogP contribution in [0.3, 0.4) is 0 Å². The maximum absolute atomic E-state index is 12.1. The molecule has 5 nitrogen and oxygen atoms in total. The molecule has 0 aliphatic carbocycles. The van der Waals surface area contributed by atoms with Gasteiger partial charge in [-0.3, -0.25) is 9.69 Å². The SMILES string of the molecule is C[C@H](C(=O)[O-])N1C(=O)/C(=C/C=C/c2ccco2)SC1=S. The van der Waals surface area contributed by atoms with E-state index in [0.717, 1.165) is 16.7 Å². The molecule has 1 amide bonds. The summed E-state index contributed by atoms with van der Waals surface area (Å²) in [5.74, 6) is -1.12. The molecule has 1 aliphatic rings. The van der Waals surface area contributed by atoms with Gasteiger partial charge in [0.1, 0.15) is 10.1 Å². The summed E-state index contributed by atoms with van der Waals surface area (Å²) in [5, 5.41) is 10.8. The third-order valence-electron chi connectivity index (χ3n) is 2.60.